The van der Waals surface area contributed by atoms with Crippen LogP contribution >= 0.6 is 24.0 Å². The highest BCUT2D eigenvalue weighted by Crippen LogP contribution is 2.15. The van der Waals surface area contributed by atoms with Crippen LogP contribution in [-0.2, 0) is 6.42 Å². The Balaban J connectivity index is 0.00000220. The molecular formula is C15H18Cl2N2O2. The highest BCUT2D eigenvalue weighted by molar-refractivity contribution is 6.29. The summed E-state index contributed by atoms with van der Waals surface area (Å²) in [6.07, 6.45) is 0.779. The first-order valence-electron chi connectivity index (χ1n) is 6.49. The average Bonchev–Trinajstić information content (AvgIpc) is 2.90. The molecular weight excluding hydrogens is 311 g/mol. The van der Waals surface area contributed by atoms with Gasteiger partial charge in [0.1, 0.15) is 0 Å². The minimum atomic E-state index is -0.182. The maximum Gasteiger partial charge on any atom is 0.289 e. The van der Waals surface area contributed by atoms with Crippen LogP contribution in [0.1, 0.15) is 16.1 Å². The standard InChI is InChI=1S/C15H17ClN2O2.ClH/c16-14-7-6-13(20-14)15(19)18(11-9-17)10-8-12-4-2-1-3-5-12;/h1-7H,8-11,17H2;1H. The monoisotopic (exact) mass is 328 g/mol. The molecule has 21 heavy (non-hydrogen) atoms. The molecule has 1 heterocycles. The molecule has 2 aromatic rings. The van der Waals surface area contributed by atoms with Crippen molar-refractivity contribution in [2.24, 2.45) is 5.73 Å². The van der Waals surface area contributed by atoms with Crippen molar-refractivity contribution in [3.8, 4) is 0 Å². The Labute approximate surface area is 135 Å². The lowest BCUT2D eigenvalue weighted by Gasteiger charge is -2.20. The van der Waals surface area contributed by atoms with E-state index in [0.717, 1.165) is 6.42 Å². The molecule has 0 aliphatic heterocycles. The van der Waals surface area contributed by atoms with Crippen molar-refractivity contribution in [3.05, 3.63) is 59.0 Å². The molecule has 6 heteroatoms. The van der Waals surface area contributed by atoms with Gasteiger partial charge in [-0.25, -0.2) is 0 Å². The molecule has 0 atom stereocenters. The minimum Gasteiger partial charge on any atom is -0.440 e. The Morgan fingerprint density at radius 3 is 2.43 bits per heavy atom. The second-order valence-corrected chi connectivity index (χ2v) is 4.79. The first-order chi connectivity index (χ1) is 9.70. The SMILES string of the molecule is Cl.NCCN(CCc1ccccc1)C(=O)c1ccc(Cl)o1. The lowest BCUT2D eigenvalue weighted by Crippen LogP contribution is -2.36. The molecule has 0 fully saturated rings. The van der Waals surface area contributed by atoms with E-state index in [1.165, 1.54) is 5.56 Å². The van der Waals surface area contributed by atoms with E-state index in [2.05, 4.69) is 0 Å². The van der Waals surface area contributed by atoms with E-state index in [1.54, 1.807) is 17.0 Å². The summed E-state index contributed by atoms with van der Waals surface area (Å²) in [7, 11) is 0. The first kappa shape index (κ1) is 17.6. The number of halogens is 2. The molecule has 0 saturated heterocycles. The lowest BCUT2D eigenvalue weighted by molar-refractivity contribution is 0.0730. The predicted molar refractivity (Wildman–Crippen MR) is 86.1 cm³/mol. The Morgan fingerprint density at radius 1 is 1.14 bits per heavy atom. The van der Waals surface area contributed by atoms with Gasteiger partial charge in [0, 0.05) is 19.6 Å². The topological polar surface area (TPSA) is 59.5 Å². The maximum atomic E-state index is 12.3. The van der Waals surface area contributed by atoms with Crippen molar-refractivity contribution in [2.75, 3.05) is 19.6 Å². The van der Waals surface area contributed by atoms with Crippen molar-refractivity contribution in [3.63, 3.8) is 0 Å². The van der Waals surface area contributed by atoms with Gasteiger partial charge in [0.05, 0.1) is 0 Å². The van der Waals surface area contributed by atoms with Crippen LogP contribution in [0.25, 0.3) is 0 Å². The number of benzene rings is 1. The normalized spacial score (nSPS) is 10.0. The number of nitrogens with zero attached hydrogens (tertiary/aromatic N) is 1. The third kappa shape index (κ3) is 5.08. The van der Waals surface area contributed by atoms with Crippen LogP contribution in [0.15, 0.2) is 46.9 Å². The van der Waals surface area contributed by atoms with Gasteiger partial charge >= 0.3 is 0 Å². The van der Waals surface area contributed by atoms with Crippen molar-refractivity contribution in [1.29, 1.82) is 0 Å². The van der Waals surface area contributed by atoms with E-state index in [9.17, 15) is 4.79 Å². The Hall–Kier alpha value is -1.49. The summed E-state index contributed by atoms with van der Waals surface area (Å²) in [6, 6.07) is 13.2. The van der Waals surface area contributed by atoms with Gasteiger partial charge in [0.2, 0.25) is 0 Å². The van der Waals surface area contributed by atoms with Crippen molar-refractivity contribution < 1.29 is 9.21 Å². The van der Waals surface area contributed by atoms with Gasteiger partial charge in [-0.05, 0) is 35.7 Å². The molecule has 0 radical (unpaired) electrons. The van der Waals surface area contributed by atoms with Crippen molar-refractivity contribution in [2.45, 2.75) is 6.42 Å². The molecule has 0 aliphatic carbocycles. The number of furan rings is 1. The third-order valence-electron chi connectivity index (χ3n) is 2.98. The quantitative estimate of drug-likeness (QED) is 0.886. The summed E-state index contributed by atoms with van der Waals surface area (Å²) < 4.78 is 5.16. The van der Waals surface area contributed by atoms with E-state index in [4.69, 9.17) is 21.8 Å². The van der Waals surface area contributed by atoms with Gasteiger partial charge in [0.15, 0.2) is 11.0 Å². The zero-order valence-corrected chi connectivity index (χ0v) is 13.1. The molecule has 114 valence electrons. The number of carbonyl (C=O) groups is 1. The number of rotatable bonds is 6. The van der Waals surface area contributed by atoms with Crippen LogP contribution in [0.2, 0.25) is 5.22 Å². The molecule has 0 unspecified atom stereocenters. The fraction of sp³-hybridized carbons (Fsp3) is 0.267. The molecule has 4 nitrogen and oxygen atoms in total. The summed E-state index contributed by atoms with van der Waals surface area (Å²) in [5, 5.41) is 0.212. The molecule has 1 aromatic carbocycles. The molecule has 0 spiro atoms. The Kier molecular flexibility index (Phi) is 7.29. The van der Waals surface area contributed by atoms with Crippen molar-refractivity contribution >= 4 is 29.9 Å². The second kappa shape index (κ2) is 8.72. The summed E-state index contributed by atoms with van der Waals surface area (Å²) in [5.41, 5.74) is 6.75. The van der Waals surface area contributed by atoms with Gasteiger partial charge in [-0.3, -0.25) is 4.79 Å². The van der Waals surface area contributed by atoms with E-state index in [1.807, 2.05) is 30.3 Å². The summed E-state index contributed by atoms with van der Waals surface area (Å²) >= 11 is 5.70. The van der Waals surface area contributed by atoms with Gasteiger partial charge in [-0.1, -0.05) is 30.3 Å². The van der Waals surface area contributed by atoms with Crippen LogP contribution < -0.4 is 5.73 Å². The number of amides is 1. The number of hydrogen-bond acceptors (Lipinski definition) is 3. The largest absolute Gasteiger partial charge is 0.440 e. The summed E-state index contributed by atoms with van der Waals surface area (Å²) in [4.78, 5) is 14.0. The highest BCUT2D eigenvalue weighted by atomic mass is 35.5. The van der Waals surface area contributed by atoms with E-state index < -0.39 is 0 Å². The van der Waals surface area contributed by atoms with E-state index in [0.29, 0.717) is 19.6 Å². The first-order valence-corrected chi connectivity index (χ1v) is 6.87. The zero-order chi connectivity index (χ0) is 14.4. The molecule has 0 bridgehead atoms. The second-order valence-electron chi connectivity index (χ2n) is 4.42. The molecule has 1 aromatic heterocycles. The maximum absolute atomic E-state index is 12.3. The number of carbonyl (C=O) groups excluding carboxylic acids is 1. The molecule has 2 N–H and O–H groups in total. The Morgan fingerprint density at radius 2 is 1.86 bits per heavy atom. The average molecular weight is 329 g/mol. The van der Waals surface area contributed by atoms with Crippen LogP contribution in [0.5, 0.6) is 0 Å². The van der Waals surface area contributed by atoms with Gasteiger partial charge in [-0.2, -0.15) is 0 Å². The van der Waals surface area contributed by atoms with E-state index >= 15 is 0 Å². The summed E-state index contributed by atoms with van der Waals surface area (Å²) in [5.74, 6) is 0.0646. The number of nitrogens with two attached hydrogens (primary N) is 1. The molecule has 0 saturated carbocycles. The van der Waals surface area contributed by atoms with Gasteiger partial charge in [0.25, 0.3) is 5.91 Å². The fourth-order valence-corrected chi connectivity index (χ4v) is 2.11. The zero-order valence-electron chi connectivity index (χ0n) is 11.5. The van der Waals surface area contributed by atoms with Gasteiger partial charge in [-0.15, -0.1) is 12.4 Å². The fourth-order valence-electron chi connectivity index (χ4n) is 1.96. The molecule has 1 amide bonds. The van der Waals surface area contributed by atoms with Crippen LogP contribution in [-0.4, -0.2) is 30.4 Å². The lowest BCUT2D eigenvalue weighted by atomic mass is 10.1. The third-order valence-corrected chi connectivity index (χ3v) is 3.19. The number of hydrogen-bond donors (Lipinski definition) is 1. The highest BCUT2D eigenvalue weighted by Gasteiger charge is 2.18. The predicted octanol–water partition coefficient (Wildman–Crippen LogP) is 3.00. The summed E-state index contributed by atoms with van der Waals surface area (Å²) in [6.45, 7) is 1.50. The minimum absolute atomic E-state index is 0. The van der Waals surface area contributed by atoms with Crippen molar-refractivity contribution in [1.82, 2.24) is 4.90 Å². The van der Waals surface area contributed by atoms with Gasteiger partial charge < -0.3 is 15.1 Å². The van der Waals surface area contributed by atoms with E-state index in [-0.39, 0.29) is 29.3 Å². The molecule has 0 aliphatic rings. The Bertz CT molecular complexity index is 558. The van der Waals surface area contributed by atoms with Crippen LogP contribution in [0.4, 0.5) is 0 Å². The van der Waals surface area contributed by atoms with Crippen LogP contribution in [0.3, 0.4) is 0 Å². The smallest absolute Gasteiger partial charge is 0.289 e. The molecule has 2 rings (SSSR count). The van der Waals surface area contributed by atoms with Crippen LogP contribution in [0, 0.1) is 0 Å².